The number of hydrogen-bond donors (Lipinski definition) is 2. The second-order valence-electron chi connectivity index (χ2n) is 4.90. The topological polar surface area (TPSA) is 77.8 Å². The summed E-state index contributed by atoms with van der Waals surface area (Å²) in [4.78, 5) is 21.6. The molecule has 0 heterocycles. The predicted octanol–water partition coefficient (Wildman–Crippen LogP) is 4.57. The van der Waals surface area contributed by atoms with Crippen molar-refractivity contribution in [1.82, 2.24) is 4.90 Å². The summed E-state index contributed by atoms with van der Waals surface area (Å²) in [6, 6.07) is 0. The molecule has 5 nitrogen and oxygen atoms in total. The lowest BCUT2D eigenvalue weighted by molar-refractivity contribution is 0.122. The summed E-state index contributed by atoms with van der Waals surface area (Å²) in [5.41, 5.74) is 0. The Morgan fingerprint density at radius 2 is 1.11 bits per heavy atom. The number of nitrogens with zero attached hydrogens (tertiary/aromatic N) is 1. The van der Waals surface area contributed by atoms with Crippen LogP contribution in [0.1, 0.15) is 71.1 Å². The third-order valence-electron chi connectivity index (χ3n) is 3.20. The van der Waals surface area contributed by atoms with E-state index in [0.717, 1.165) is 19.3 Å². The first-order valence-corrected chi connectivity index (χ1v) is 7.33. The van der Waals surface area contributed by atoms with Gasteiger partial charge in [-0.15, -0.1) is 0 Å². The van der Waals surface area contributed by atoms with Crippen molar-refractivity contribution in [2.24, 2.45) is 0 Å². The monoisotopic (exact) mass is 273 g/mol. The van der Waals surface area contributed by atoms with E-state index in [1.807, 2.05) is 0 Å². The van der Waals surface area contributed by atoms with Crippen molar-refractivity contribution >= 4 is 12.2 Å². The first kappa shape index (κ1) is 17.7. The van der Waals surface area contributed by atoms with E-state index in [1.54, 1.807) is 0 Å². The van der Waals surface area contributed by atoms with Crippen LogP contribution in [0.5, 0.6) is 0 Å². The summed E-state index contributed by atoms with van der Waals surface area (Å²) < 4.78 is 0. The quantitative estimate of drug-likeness (QED) is 0.541. The fourth-order valence-electron chi connectivity index (χ4n) is 2.03. The van der Waals surface area contributed by atoms with E-state index in [9.17, 15) is 9.59 Å². The smallest absolute Gasteiger partial charge is 0.416 e. The molecule has 0 saturated carbocycles. The summed E-state index contributed by atoms with van der Waals surface area (Å²) in [5, 5.41) is 17.3. The minimum Gasteiger partial charge on any atom is -0.465 e. The maximum atomic E-state index is 10.6. The largest absolute Gasteiger partial charge is 0.465 e. The lowest BCUT2D eigenvalue weighted by Crippen LogP contribution is -2.35. The minimum absolute atomic E-state index is 0.0845. The number of carbonyl (C=O) groups is 2. The van der Waals surface area contributed by atoms with Crippen LogP contribution in [0.15, 0.2) is 0 Å². The Hall–Kier alpha value is -1.26. The lowest BCUT2D eigenvalue weighted by Gasteiger charge is -2.12. The first-order valence-electron chi connectivity index (χ1n) is 7.33. The Morgan fingerprint density at radius 1 is 0.737 bits per heavy atom. The molecular weight excluding hydrogens is 246 g/mol. The van der Waals surface area contributed by atoms with Crippen molar-refractivity contribution in [2.75, 3.05) is 6.54 Å². The third-order valence-corrected chi connectivity index (χ3v) is 3.20. The highest BCUT2D eigenvalue weighted by Gasteiger charge is 2.18. The molecule has 0 aliphatic rings. The van der Waals surface area contributed by atoms with Gasteiger partial charge in [0.25, 0.3) is 0 Å². The molecule has 0 fully saturated rings. The zero-order valence-electron chi connectivity index (χ0n) is 11.9. The maximum Gasteiger partial charge on any atom is 0.416 e. The predicted molar refractivity (Wildman–Crippen MR) is 74.6 cm³/mol. The van der Waals surface area contributed by atoms with Crippen molar-refractivity contribution in [3.05, 3.63) is 0 Å². The number of rotatable bonds is 11. The molecule has 0 aliphatic carbocycles. The Kier molecular flexibility index (Phi) is 11.0. The van der Waals surface area contributed by atoms with E-state index in [0.29, 0.717) is 11.3 Å². The van der Waals surface area contributed by atoms with Crippen LogP contribution in [0.25, 0.3) is 0 Å². The first-order chi connectivity index (χ1) is 9.09. The standard InChI is InChI=1S/C14H27NO4/c1-2-3-4-5-6-7-8-9-10-11-12-15(13(16)17)14(18)19/h2-12H2,1H3,(H,16,17)(H,18,19). The fraction of sp³-hybridized carbons (Fsp3) is 0.857. The third kappa shape index (κ3) is 10.4. The molecule has 5 heteroatoms. The highest BCUT2D eigenvalue weighted by molar-refractivity contribution is 5.85. The van der Waals surface area contributed by atoms with Gasteiger partial charge in [0.2, 0.25) is 0 Å². The lowest BCUT2D eigenvalue weighted by atomic mass is 10.1. The van der Waals surface area contributed by atoms with E-state index in [2.05, 4.69) is 6.92 Å². The van der Waals surface area contributed by atoms with Crippen LogP contribution < -0.4 is 0 Å². The molecule has 0 aliphatic heterocycles. The van der Waals surface area contributed by atoms with Gasteiger partial charge in [-0.1, -0.05) is 64.7 Å². The van der Waals surface area contributed by atoms with Crippen molar-refractivity contribution in [1.29, 1.82) is 0 Å². The summed E-state index contributed by atoms with van der Waals surface area (Å²) >= 11 is 0. The molecule has 0 unspecified atom stereocenters. The summed E-state index contributed by atoms with van der Waals surface area (Å²) in [7, 11) is 0. The molecular formula is C14H27NO4. The Morgan fingerprint density at radius 3 is 1.47 bits per heavy atom. The van der Waals surface area contributed by atoms with Gasteiger partial charge in [-0.2, -0.15) is 0 Å². The summed E-state index contributed by atoms with van der Waals surface area (Å²) in [5.74, 6) is 0. The molecule has 0 atom stereocenters. The molecule has 0 radical (unpaired) electrons. The van der Waals surface area contributed by atoms with Crippen LogP contribution in [0.2, 0.25) is 0 Å². The molecule has 0 spiro atoms. The number of carboxylic acid groups (broad SMARTS) is 2. The number of amides is 2. The highest BCUT2D eigenvalue weighted by Crippen LogP contribution is 2.10. The SMILES string of the molecule is CCCCCCCCCCCCN(C(=O)O)C(=O)O. The zero-order chi connectivity index (χ0) is 14.5. The molecule has 112 valence electrons. The van der Waals surface area contributed by atoms with Crippen LogP contribution in [-0.4, -0.2) is 33.8 Å². The van der Waals surface area contributed by atoms with Gasteiger partial charge in [0, 0.05) is 6.54 Å². The van der Waals surface area contributed by atoms with Crippen molar-refractivity contribution < 1.29 is 19.8 Å². The van der Waals surface area contributed by atoms with Crippen LogP contribution in [0.4, 0.5) is 9.59 Å². The molecule has 0 aromatic heterocycles. The molecule has 0 aromatic carbocycles. The Balaban J connectivity index is 3.35. The molecule has 0 bridgehead atoms. The Bertz CT molecular complexity index is 242. The van der Waals surface area contributed by atoms with Gasteiger partial charge >= 0.3 is 12.2 Å². The Labute approximate surface area is 115 Å². The molecule has 0 saturated heterocycles. The van der Waals surface area contributed by atoms with Crippen molar-refractivity contribution in [3.8, 4) is 0 Å². The van der Waals surface area contributed by atoms with E-state index < -0.39 is 12.2 Å². The van der Waals surface area contributed by atoms with Gasteiger partial charge in [-0.05, 0) is 6.42 Å². The van der Waals surface area contributed by atoms with E-state index in [4.69, 9.17) is 10.2 Å². The molecule has 0 aromatic rings. The van der Waals surface area contributed by atoms with E-state index in [-0.39, 0.29) is 6.54 Å². The van der Waals surface area contributed by atoms with Gasteiger partial charge in [0.05, 0.1) is 0 Å². The van der Waals surface area contributed by atoms with Crippen LogP contribution in [0, 0.1) is 0 Å². The second kappa shape index (κ2) is 11.8. The minimum atomic E-state index is -1.39. The summed E-state index contributed by atoms with van der Waals surface area (Å²) in [6.45, 7) is 2.29. The van der Waals surface area contributed by atoms with E-state index >= 15 is 0 Å². The number of hydrogen-bond acceptors (Lipinski definition) is 2. The van der Waals surface area contributed by atoms with Crippen LogP contribution >= 0.6 is 0 Å². The van der Waals surface area contributed by atoms with Crippen molar-refractivity contribution in [2.45, 2.75) is 71.1 Å². The maximum absolute atomic E-state index is 10.6. The normalized spacial score (nSPS) is 10.4. The van der Waals surface area contributed by atoms with Crippen LogP contribution in [0.3, 0.4) is 0 Å². The fourth-order valence-corrected chi connectivity index (χ4v) is 2.03. The van der Waals surface area contributed by atoms with E-state index in [1.165, 1.54) is 38.5 Å². The van der Waals surface area contributed by atoms with Gasteiger partial charge < -0.3 is 10.2 Å². The zero-order valence-corrected chi connectivity index (χ0v) is 11.9. The molecule has 0 rings (SSSR count). The van der Waals surface area contributed by atoms with Gasteiger partial charge in [0.15, 0.2) is 0 Å². The molecule has 19 heavy (non-hydrogen) atoms. The van der Waals surface area contributed by atoms with Crippen molar-refractivity contribution in [3.63, 3.8) is 0 Å². The average Bonchev–Trinajstić information content (AvgIpc) is 2.35. The summed E-state index contributed by atoms with van der Waals surface area (Å²) in [6.07, 6.45) is 8.67. The van der Waals surface area contributed by atoms with Gasteiger partial charge in [-0.25, -0.2) is 14.5 Å². The molecule has 2 amide bonds. The van der Waals surface area contributed by atoms with Crippen LogP contribution in [-0.2, 0) is 0 Å². The molecule has 2 N–H and O–H groups in total. The number of imide groups is 1. The van der Waals surface area contributed by atoms with Gasteiger partial charge in [0.1, 0.15) is 0 Å². The highest BCUT2D eigenvalue weighted by atomic mass is 16.4. The number of unbranched alkanes of at least 4 members (excludes halogenated alkanes) is 9. The average molecular weight is 273 g/mol. The second-order valence-corrected chi connectivity index (χ2v) is 4.90. The van der Waals surface area contributed by atoms with Gasteiger partial charge in [-0.3, -0.25) is 0 Å².